The number of carbonyl (C=O) groups is 1. The molecule has 0 saturated carbocycles. The van der Waals surface area contributed by atoms with Gasteiger partial charge in [-0.15, -0.1) is 0 Å². The lowest BCUT2D eigenvalue weighted by Crippen LogP contribution is -2.32. The number of benzene rings is 1. The first-order chi connectivity index (χ1) is 13.8. The largest absolute Gasteiger partial charge is 0.477 e. The number of carboxylic acids is 1. The van der Waals surface area contributed by atoms with Crippen LogP contribution in [-0.4, -0.2) is 28.9 Å². The summed E-state index contributed by atoms with van der Waals surface area (Å²) in [4.78, 5) is 24.1. The zero-order valence-corrected chi connectivity index (χ0v) is 17.0. The van der Waals surface area contributed by atoms with Crippen molar-refractivity contribution in [2.75, 3.05) is 13.2 Å². The SMILES string of the molecule is CC(C)(C)[C@@H]1CC2=C(Cc3c2cccc3C2COC2)c2cc(=O)c(C(=O)O)cn21. The molecule has 5 nitrogen and oxygen atoms in total. The third-order valence-corrected chi connectivity index (χ3v) is 6.69. The molecule has 0 spiro atoms. The summed E-state index contributed by atoms with van der Waals surface area (Å²) < 4.78 is 7.47. The van der Waals surface area contributed by atoms with Crippen molar-refractivity contribution in [1.82, 2.24) is 4.57 Å². The third kappa shape index (κ3) is 2.71. The summed E-state index contributed by atoms with van der Waals surface area (Å²) in [6.45, 7) is 8.05. The smallest absolute Gasteiger partial charge is 0.341 e. The molecule has 5 heteroatoms. The molecule has 0 bridgehead atoms. The molecule has 2 aromatic rings. The topological polar surface area (TPSA) is 68.5 Å². The van der Waals surface area contributed by atoms with Crippen molar-refractivity contribution in [3.8, 4) is 0 Å². The lowest BCUT2D eigenvalue weighted by atomic mass is 9.78. The van der Waals surface area contributed by atoms with Gasteiger partial charge in [0.05, 0.1) is 13.2 Å². The Morgan fingerprint density at radius 2 is 1.97 bits per heavy atom. The van der Waals surface area contributed by atoms with Crippen LogP contribution in [0, 0.1) is 5.41 Å². The maximum atomic E-state index is 12.5. The van der Waals surface area contributed by atoms with E-state index in [0.717, 1.165) is 31.7 Å². The molecule has 1 aliphatic carbocycles. The van der Waals surface area contributed by atoms with E-state index in [9.17, 15) is 14.7 Å². The van der Waals surface area contributed by atoms with E-state index in [2.05, 4.69) is 39.0 Å². The molecule has 3 heterocycles. The number of hydrogen-bond donors (Lipinski definition) is 1. The van der Waals surface area contributed by atoms with Crippen LogP contribution in [0.4, 0.5) is 0 Å². The van der Waals surface area contributed by atoms with Gasteiger partial charge in [0.1, 0.15) is 5.56 Å². The molecule has 1 aromatic heterocycles. The Bertz CT molecular complexity index is 1130. The fourth-order valence-corrected chi connectivity index (χ4v) is 5.03. The Hall–Kier alpha value is -2.66. The minimum atomic E-state index is -1.17. The fraction of sp³-hybridized carbons (Fsp3) is 0.417. The highest BCUT2D eigenvalue weighted by Crippen LogP contribution is 2.51. The molecule has 1 atom stereocenters. The quantitative estimate of drug-likeness (QED) is 0.836. The van der Waals surface area contributed by atoms with Crippen LogP contribution >= 0.6 is 0 Å². The van der Waals surface area contributed by atoms with Crippen molar-refractivity contribution in [3.05, 3.63) is 68.6 Å². The number of aromatic nitrogens is 1. The van der Waals surface area contributed by atoms with Crippen LogP contribution in [-0.2, 0) is 11.2 Å². The van der Waals surface area contributed by atoms with Crippen LogP contribution in [0.1, 0.15) is 71.9 Å². The number of pyridine rings is 1. The van der Waals surface area contributed by atoms with Gasteiger partial charge in [0, 0.05) is 36.3 Å². The number of rotatable bonds is 2. The molecule has 1 aromatic carbocycles. The van der Waals surface area contributed by atoms with E-state index in [0.29, 0.717) is 5.92 Å². The number of ether oxygens (including phenoxy) is 1. The molecule has 2 aliphatic heterocycles. The second kappa shape index (κ2) is 6.17. The van der Waals surface area contributed by atoms with E-state index < -0.39 is 11.4 Å². The van der Waals surface area contributed by atoms with Gasteiger partial charge in [0.15, 0.2) is 5.43 Å². The average Bonchev–Trinajstić information content (AvgIpc) is 2.98. The van der Waals surface area contributed by atoms with Crippen molar-refractivity contribution >= 4 is 17.1 Å². The van der Waals surface area contributed by atoms with Gasteiger partial charge in [-0.2, -0.15) is 0 Å². The van der Waals surface area contributed by atoms with Crippen LogP contribution in [0.2, 0.25) is 0 Å². The van der Waals surface area contributed by atoms with Crippen LogP contribution in [0.5, 0.6) is 0 Å². The minimum absolute atomic E-state index is 0.0802. The van der Waals surface area contributed by atoms with Gasteiger partial charge >= 0.3 is 5.97 Å². The normalized spacial score (nSPS) is 20.7. The maximum absolute atomic E-state index is 12.5. The average molecular weight is 391 g/mol. The van der Waals surface area contributed by atoms with Crippen molar-refractivity contribution in [2.45, 2.75) is 45.6 Å². The van der Waals surface area contributed by atoms with Crippen LogP contribution in [0.3, 0.4) is 0 Å². The molecule has 29 heavy (non-hydrogen) atoms. The van der Waals surface area contributed by atoms with Crippen molar-refractivity contribution in [1.29, 1.82) is 0 Å². The Morgan fingerprint density at radius 3 is 2.59 bits per heavy atom. The van der Waals surface area contributed by atoms with E-state index >= 15 is 0 Å². The Balaban J connectivity index is 1.71. The molecular formula is C24H25NO4. The maximum Gasteiger partial charge on any atom is 0.341 e. The molecular weight excluding hydrogens is 366 g/mol. The Labute approximate surface area is 169 Å². The van der Waals surface area contributed by atoms with Gasteiger partial charge in [-0.1, -0.05) is 39.0 Å². The Kier molecular flexibility index (Phi) is 3.91. The molecule has 3 aliphatic rings. The van der Waals surface area contributed by atoms with Gasteiger partial charge in [0.25, 0.3) is 0 Å². The lowest BCUT2D eigenvalue weighted by molar-refractivity contribution is 0.00813. The lowest BCUT2D eigenvalue weighted by Gasteiger charge is -2.39. The van der Waals surface area contributed by atoms with Crippen molar-refractivity contribution in [2.24, 2.45) is 5.41 Å². The van der Waals surface area contributed by atoms with E-state index in [1.54, 1.807) is 6.20 Å². The number of carboxylic acid groups (broad SMARTS) is 1. The summed E-state index contributed by atoms with van der Waals surface area (Å²) >= 11 is 0. The summed E-state index contributed by atoms with van der Waals surface area (Å²) in [5.41, 5.74) is 6.68. The standard InChI is InChI=1S/C24H25NO4/c1-24(2,3)22-8-17-15-6-4-5-14(13-11-29-12-13)16(15)7-18(17)20-9-21(26)19(23(27)28)10-25(20)22/h4-6,9-10,13,22H,7-8,11-12H2,1-3H3,(H,27,28)/t22-/m0/s1. The van der Waals surface area contributed by atoms with E-state index in [-0.39, 0.29) is 17.0 Å². The third-order valence-electron chi connectivity index (χ3n) is 6.69. The Morgan fingerprint density at radius 1 is 1.21 bits per heavy atom. The van der Waals surface area contributed by atoms with Crippen LogP contribution in [0.15, 0.2) is 35.3 Å². The number of nitrogens with zero attached hydrogens (tertiary/aromatic N) is 1. The number of allylic oxidation sites excluding steroid dienone is 2. The second-order valence-corrected chi connectivity index (χ2v) is 9.48. The first-order valence-electron chi connectivity index (χ1n) is 10.2. The zero-order chi connectivity index (χ0) is 20.5. The molecule has 0 radical (unpaired) electrons. The summed E-state index contributed by atoms with van der Waals surface area (Å²) in [6.07, 6.45) is 3.19. The molecule has 0 amide bonds. The highest BCUT2D eigenvalue weighted by Gasteiger charge is 2.39. The van der Waals surface area contributed by atoms with Gasteiger partial charge < -0.3 is 14.4 Å². The first-order valence-corrected chi connectivity index (χ1v) is 10.2. The second-order valence-electron chi connectivity index (χ2n) is 9.48. The molecule has 5 rings (SSSR count). The predicted molar refractivity (Wildman–Crippen MR) is 111 cm³/mol. The highest BCUT2D eigenvalue weighted by molar-refractivity contribution is 5.98. The van der Waals surface area contributed by atoms with Gasteiger partial charge in [-0.3, -0.25) is 4.79 Å². The van der Waals surface area contributed by atoms with Gasteiger partial charge in [-0.25, -0.2) is 4.79 Å². The first kappa shape index (κ1) is 18.4. The molecule has 1 saturated heterocycles. The minimum Gasteiger partial charge on any atom is -0.477 e. The summed E-state index contributed by atoms with van der Waals surface area (Å²) in [5.74, 6) is -0.721. The predicted octanol–water partition coefficient (Wildman–Crippen LogP) is 4.12. The molecule has 150 valence electrons. The number of aromatic carboxylic acids is 1. The van der Waals surface area contributed by atoms with Crippen molar-refractivity contribution < 1.29 is 14.6 Å². The number of hydrogen-bond acceptors (Lipinski definition) is 3. The highest BCUT2D eigenvalue weighted by atomic mass is 16.5. The molecule has 0 unspecified atom stereocenters. The fourth-order valence-electron chi connectivity index (χ4n) is 5.03. The summed E-state index contributed by atoms with van der Waals surface area (Å²) in [5, 5.41) is 9.48. The van der Waals surface area contributed by atoms with Crippen molar-refractivity contribution in [3.63, 3.8) is 0 Å². The number of fused-ring (bicyclic) bond motifs is 4. The van der Waals surface area contributed by atoms with Gasteiger partial charge in [-0.05, 0) is 39.7 Å². The van der Waals surface area contributed by atoms with E-state index in [1.165, 1.54) is 33.9 Å². The van der Waals surface area contributed by atoms with Crippen LogP contribution in [0.25, 0.3) is 11.1 Å². The monoisotopic (exact) mass is 391 g/mol. The van der Waals surface area contributed by atoms with E-state index in [4.69, 9.17) is 4.74 Å². The summed E-state index contributed by atoms with van der Waals surface area (Å²) in [6, 6.07) is 8.14. The van der Waals surface area contributed by atoms with Crippen LogP contribution < -0.4 is 5.43 Å². The molecule has 1 N–H and O–H groups in total. The molecule has 1 fully saturated rings. The summed E-state index contributed by atoms with van der Waals surface area (Å²) in [7, 11) is 0. The zero-order valence-electron chi connectivity index (χ0n) is 17.0. The van der Waals surface area contributed by atoms with E-state index in [1.807, 2.05) is 4.57 Å². The van der Waals surface area contributed by atoms with Gasteiger partial charge in [0.2, 0.25) is 0 Å².